The molecule has 1 atom stereocenters. The summed E-state index contributed by atoms with van der Waals surface area (Å²) < 4.78 is 0. The minimum absolute atomic E-state index is 0.115. The molecule has 8 heavy (non-hydrogen) atoms. The smallest absolute Gasteiger partial charge is 0.0863 e. The Balaban J connectivity index is 2.22. The zero-order chi connectivity index (χ0) is 5.98. The van der Waals surface area contributed by atoms with Gasteiger partial charge in [-0.2, -0.15) is 0 Å². The second-order valence-electron chi connectivity index (χ2n) is 2.58. The van der Waals surface area contributed by atoms with Gasteiger partial charge in [-0.05, 0) is 25.9 Å². The van der Waals surface area contributed by atoms with Crippen LogP contribution in [0.4, 0.5) is 0 Å². The highest BCUT2D eigenvalue weighted by Gasteiger charge is 2.17. The third-order valence-corrected chi connectivity index (χ3v) is 1.72. The first-order chi connectivity index (χ1) is 3.83. The Kier molecular flexibility index (Phi) is 1.86. The molecule has 0 N–H and O–H groups in total. The lowest BCUT2D eigenvalue weighted by atomic mass is 10.1. The molecule has 0 bridgehead atoms. The molecule has 0 spiro atoms. The molecular formula is C6H12NO. The van der Waals surface area contributed by atoms with Crippen LogP contribution in [0.2, 0.25) is 0 Å². The van der Waals surface area contributed by atoms with Gasteiger partial charge in [0.15, 0.2) is 0 Å². The largest absolute Gasteiger partial charge is 0.306 e. The van der Waals surface area contributed by atoms with E-state index in [0.717, 1.165) is 19.5 Å². The van der Waals surface area contributed by atoms with Crippen molar-refractivity contribution in [3.05, 3.63) is 0 Å². The van der Waals surface area contributed by atoms with Gasteiger partial charge in [-0.1, -0.05) is 0 Å². The predicted octanol–water partition coefficient (Wildman–Crippen LogP) is 0.369. The van der Waals surface area contributed by atoms with E-state index in [0.29, 0.717) is 5.92 Å². The Morgan fingerprint density at radius 2 is 2.50 bits per heavy atom. The van der Waals surface area contributed by atoms with Gasteiger partial charge in [0.2, 0.25) is 0 Å². The molecule has 0 aromatic heterocycles. The van der Waals surface area contributed by atoms with Crippen molar-refractivity contribution in [2.75, 3.05) is 26.7 Å². The number of hydrogen-bond acceptors (Lipinski definition) is 1. The molecule has 1 saturated heterocycles. The summed E-state index contributed by atoms with van der Waals surface area (Å²) in [6.07, 6.45) is 1.11. The maximum atomic E-state index is 10.3. The Morgan fingerprint density at radius 1 is 1.75 bits per heavy atom. The first kappa shape index (κ1) is 6.05. The topological polar surface area (TPSA) is 23.1 Å². The Morgan fingerprint density at radius 3 is 2.75 bits per heavy atom. The van der Waals surface area contributed by atoms with Crippen LogP contribution < -0.4 is 0 Å². The minimum atomic E-state index is 0.115. The molecule has 2 nitrogen and oxygen atoms in total. The number of hydrogen-bond donors (Lipinski definition) is 0. The van der Waals surface area contributed by atoms with E-state index in [1.165, 1.54) is 0 Å². The minimum Gasteiger partial charge on any atom is -0.306 e. The first-order valence-corrected chi connectivity index (χ1v) is 3.09. The van der Waals surface area contributed by atoms with Crippen LogP contribution in [0, 0.1) is 5.92 Å². The van der Waals surface area contributed by atoms with Gasteiger partial charge in [0.05, 0.1) is 6.61 Å². The van der Waals surface area contributed by atoms with E-state index in [2.05, 4.69) is 11.9 Å². The molecule has 0 saturated carbocycles. The highest BCUT2D eigenvalue weighted by atomic mass is 16.3. The molecule has 1 aliphatic rings. The van der Waals surface area contributed by atoms with Crippen molar-refractivity contribution in [2.24, 2.45) is 5.92 Å². The molecule has 1 aliphatic heterocycles. The van der Waals surface area contributed by atoms with E-state index >= 15 is 0 Å². The van der Waals surface area contributed by atoms with Crippen molar-refractivity contribution >= 4 is 0 Å². The maximum Gasteiger partial charge on any atom is 0.0863 e. The van der Waals surface area contributed by atoms with E-state index in [-0.39, 0.29) is 6.61 Å². The van der Waals surface area contributed by atoms with E-state index in [1.807, 2.05) is 0 Å². The van der Waals surface area contributed by atoms with Crippen LogP contribution in [0.5, 0.6) is 0 Å². The van der Waals surface area contributed by atoms with Gasteiger partial charge in [0.25, 0.3) is 0 Å². The van der Waals surface area contributed by atoms with Crippen LogP contribution in [0.15, 0.2) is 0 Å². The summed E-state index contributed by atoms with van der Waals surface area (Å²) in [5.74, 6) is 0.444. The molecule has 2 heteroatoms. The van der Waals surface area contributed by atoms with Gasteiger partial charge in [-0.25, -0.2) is 5.11 Å². The number of nitrogens with zero attached hydrogens (tertiary/aromatic N) is 1. The average Bonchev–Trinajstić information content (AvgIpc) is 2.14. The first-order valence-electron chi connectivity index (χ1n) is 3.09. The van der Waals surface area contributed by atoms with E-state index < -0.39 is 0 Å². The highest BCUT2D eigenvalue weighted by molar-refractivity contribution is 4.71. The Bertz CT molecular complexity index is 74.9. The third-order valence-electron chi connectivity index (χ3n) is 1.72. The van der Waals surface area contributed by atoms with Gasteiger partial charge in [-0.3, -0.25) is 0 Å². The standard InChI is InChI=1S/C6H12NO/c1-7-3-2-6(4-7)5-8/h6H,2-5H2,1H3/t6-/m0/s1. The molecule has 0 aliphatic carbocycles. The zero-order valence-corrected chi connectivity index (χ0v) is 5.26. The molecule has 1 rings (SSSR count). The molecule has 0 aromatic carbocycles. The zero-order valence-electron chi connectivity index (χ0n) is 5.26. The van der Waals surface area contributed by atoms with Gasteiger partial charge >= 0.3 is 0 Å². The van der Waals surface area contributed by atoms with Crippen LogP contribution in [0.3, 0.4) is 0 Å². The second-order valence-corrected chi connectivity index (χ2v) is 2.58. The molecule has 0 unspecified atom stereocenters. The predicted molar refractivity (Wildman–Crippen MR) is 31.2 cm³/mol. The van der Waals surface area contributed by atoms with Gasteiger partial charge in [0, 0.05) is 6.54 Å². The van der Waals surface area contributed by atoms with Crippen LogP contribution in [0.1, 0.15) is 6.42 Å². The van der Waals surface area contributed by atoms with Gasteiger partial charge in [-0.15, -0.1) is 0 Å². The quantitative estimate of drug-likeness (QED) is 0.483. The summed E-state index contributed by atoms with van der Waals surface area (Å²) in [5.41, 5.74) is 0. The SMILES string of the molecule is CN1CC[C@H](C[O])C1. The van der Waals surface area contributed by atoms with Crippen LogP contribution >= 0.6 is 0 Å². The molecular weight excluding hydrogens is 102 g/mol. The second kappa shape index (κ2) is 2.46. The van der Waals surface area contributed by atoms with Crippen LogP contribution in [-0.2, 0) is 5.11 Å². The Labute approximate surface area is 50.1 Å². The third kappa shape index (κ3) is 1.20. The molecule has 1 radical (unpaired) electrons. The van der Waals surface area contributed by atoms with Crippen molar-refractivity contribution in [1.82, 2.24) is 4.90 Å². The summed E-state index contributed by atoms with van der Waals surface area (Å²) in [6, 6.07) is 0. The summed E-state index contributed by atoms with van der Waals surface area (Å²) in [7, 11) is 2.07. The monoisotopic (exact) mass is 114 g/mol. The van der Waals surface area contributed by atoms with Crippen LogP contribution in [-0.4, -0.2) is 31.6 Å². The number of rotatable bonds is 1. The van der Waals surface area contributed by atoms with E-state index in [1.54, 1.807) is 0 Å². The highest BCUT2D eigenvalue weighted by Crippen LogP contribution is 2.12. The van der Waals surface area contributed by atoms with Gasteiger partial charge in [0.1, 0.15) is 0 Å². The maximum absolute atomic E-state index is 10.3. The van der Waals surface area contributed by atoms with E-state index in [4.69, 9.17) is 0 Å². The average molecular weight is 114 g/mol. The number of likely N-dealkylation sites (tertiary alicyclic amines) is 1. The molecule has 0 amide bonds. The normalized spacial score (nSPS) is 31.5. The van der Waals surface area contributed by atoms with Crippen molar-refractivity contribution in [3.63, 3.8) is 0 Å². The Hall–Kier alpha value is -0.0800. The lowest BCUT2D eigenvalue weighted by molar-refractivity contribution is 0.146. The summed E-state index contributed by atoms with van der Waals surface area (Å²) in [6.45, 7) is 2.25. The molecule has 0 aromatic rings. The van der Waals surface area contributed by atoms with Crippen molar-refractivity contribution < 1.29 is 5.11 Å². The van der Waals surface area contributed by atoms with E-state index in [9.17, 15) is 5.11 Å². The van der Waals surface area contributed by atoms with Crippen LogP contribution in [0.25, 0.3) is 0 Å². The summed E-state index contributed by atoms with van der Waals surface area (Å²) in [4.78, 5) is 2.21. The molecule has 1 fully saturated rings. The van der Waals surface area contributed by atoms with Crippen molar-refractivity contribution in [3.8, 4) is 0 Å². The lowest BCUT2D eigenvalue weighted by Crippen LogP contribution is -2.15. The molecule has 47 valence electrons. The fraction of sp³-hybridized carbons (Fsp3) is 1.00. The van der Waals surface area contributed by atoms with Gasteiger partial charge < -0.3 is 4.90 Å². The lowest BCUT2D eigenvalue weighted by Gasteiger charge is -2.04. The fourth-order valence-corrected chi connectivity index (χ4v) is 1.16. The summed E-state index contributed by atoms with van der Waals surface area (Å²) >= 11 is 0. The van der Waals surface area contributed by atoms with Crippen molar-refractivity contribution in [2.45, 2.75) is 6.42 Å². The van der Waals surface area contributed by atoms with Crippen molar-refractivity contribution in [1.29, 1.82) is 0 Å². The fourth-order valence-electron chi connectivity index (χ4n) is 1.16. The summed E-state index contributed by atoms with van der Waals surface area (Å²) in [5, 5.41) is 10.3. The molecule has 1 heterocycles.